The Morgan fingerprint density at radius 3 is 2.37 bits per heavy atom. The molecule has 1 unspecified atom stereocenters. The van der Waals surface area contributed by atoms with E-state index >= 15 is 0 Å². The predicted molar refractivity (Wildman–Crippen MR) is 160 cm³/mol. The van der Waals surface area contributed by atoms with Gasteiger partial charge in [-0.3, -0.25) is 9.99 Å². The highest BCUT2D eigenvalue weighted by atomic mass is 35.5. The van der Waals surface area contributed by atoms with Crippen LogP contribution in [0.5, 0.6) is 0 Å². The summed E-state index contributed by atoms with van der Waals surface area (Å²) in [5, 5.41) is 11.9. The maximum Gasteiger partial charge on any atom is 0.416 e. The summed E-state index contributed by atoms with van der Waals surface area (Å²) in [5.74, 6) is 0. The predicted octanol–water partition coefficient (Wildman–Crippen LogP) is 9.97. The van der Waals surface area contributed by atoms with Crippen LogP contribution in [0.15, 0.2) is 102 Å². The second-order valence-corrected chi connectivity index (χ2v) is 10.8. The van der Waals surface area contributed by atoms with E-state index in [1.165, 1.54) is 17.8 Å². The molecule has 1 aliphatic rings. The monoisotopic (exact) mass is 590 g/mol. The number of anilines is 3. The van der Waals surface area contributed by atoms with Crippen LogP contribution in [0.4, 0.5) is 30.2 Å². The van der Waals surface area contributed by atoms with Crippen LogP contribution in [-0.2, 0) is 6.18 Å². The molecule has 41 heavy (non-hydrogen) atoms. The summed E-state index contributed by atoms with van der Waals surface area (Å²) in [6.45, 7) is 2.04. The molecule has 6 rings (SSSR count). The first-order chi connectivity index (χ1) is 19.6. The van der Waals surface area contributed by atoms with E-state index in [9.17, 15) is 13.2 Å². The normalized spacial score (nSPS) is 15.3. The van der Waals surface area contributed by atoms with E-state index < -0.39 is 11.7 Å². The molecular formula is C32H23Cl2F3N4. The van der Waals surface area contributed by atoms with Crippen LogP contribution in [0, 0.1) is 6.92 Å². The summed E-state index contributed by atoms with van der Waals surface area (Å²) in [7, 11) is 0. The maximum atomic E-state index is 13.2. The minimum atomic E-state index is -4.44. The Morgan fingerprint density at radius 2 is 1.63 bits per heavy atom. The molecule has 206 valence electrons. The Balaban J connectivity index is 1.35. The molecule has 0 saturated heterocycles. The van der Waals surface area contributed by atoms with Crippen LogP contribution >= 0.6 is 23.2 Å². The van der Waals surface area contributed by atoms with Crippen molar-refractivity contribution in [3.8, 4) is 0 Å². The highest BCUT2D eigenvalue weighted by Gasteiger charge is 2.32. The molecule has 1 atom stereocenters. The van der Waals surface area contributed by atoms with Gasteiger partial charge in [0.25, 0.3) is 0 Å². The van der Waals surface area contributed by atoms with E-state index in [4.69, 9.17) is 28.3 Å². The number of nitrogens with one attached hydrogen (secondary N) is 1. The third kappa shape index (κ3) is 5.73. The lowest BCUT2D eigenvalue weighted by molar-refractivity contribution is -0.137. The molecule has 9 heteroatoms. The Bertz CT molecular complexity index is 1760. The van der Waals surface area contributed by atoms with E-state index in [1.807, 2.05) is 48.3 Å². The molecule has 0 radical (unpaired) electrons. The Morgan fingerprint density at radius 1 is 0.878 bits per heavy atom. The van der Waals surface area contributed by atoms with Crippen LogP contribution in [0.25, 0.3) is 10.9 Å². The van der Waals surface area contributed by atoms with E-state index in [1.54, 1.807) is 12.1 Å². The van der Waals surface area contributed by atoms with Crippen molar-refractivity contribution in [3.63, 3.8) is 0 Å². The molecule has 0 fully saturated rings. The molecule has 0 amide bonds. The molecule has 0 spiro atoms. The van der Waals surface area contributed by atoms with Crippen LogP contribution in [-0.4, -0.2) is 10.7 Å². The van der Waals surface area contributed by atoms with Crippen molar-refractivity contribution in [3.05, 3.63) is 129 Å². The number of halogens is 5. The van der Waals surface area contributed by atoms with Gasteiger partial charge >= 0.3 is 6.18 Å². The minimum Gasteiger partial charge on any atom is -0.355 e. The summed E-state index contributed by atoms with van der Waals surface area (Å²) in [6, 6.07) is 26.7. The zero-order valence-corrected chi connectivity index (χ0v) is 23.3. The Labute approximate surface area is 245 Å². The number of aromatic nitrogens is 1. The molecule has 1 aliphatic heterocycles. The van der Waals surface area contributed by atoms with Gasteiger partial charge < -0.3 is 5.32 Å². The fourth-order valence-electron chi connectivity index (χ4n) is 5.01. The smallest absolute Gasteiger partial charge is 0.355 e. The zero-order chi connectivity index (χ0) is 28.7. The highest BCUT2D eigenvalue weighted by molar-refractivity contribution is 6.35. The second-order valence-electron chi connectivity index (χ2n) is 9.94. The van der Waals surface area contributed by atoms with Crippen molar-refractivity contribution in [1.29, 1.82) is 0 Å². The van der Waals surface area contributed by atoms with Gasteiger partial charge in [-0.05, 0) is 66.6 Å². The van der Waals surface area contributed by atoms with Crippen molar-refractivity contribution in [2.45, 2.75) is 25.6 Å². The average Bonchev–Trinajstić information content (AvgIpc) is 3.38. The molecule has 0 bridgehead atoms. The van der Waals surface area contributed by atoms with Gasteiger partial charge in [-0.1, -0.05) is 71.2 Å². The zero-order valence-electron chi connectivity index (χ0n) is 21.8. The van der Waals surface area contributed by atoms with E-state index in [2.05, 4.69) is 34.6 Å². The van der Waals surface area contributed by atoms with Gasteiger partial charge in [-0.15, -0.1) is 0 Å². The van der Waals surface area contributed by atoms with Crippen LogP contribution in [0.2, 0.25) is 10.0 Å². The van der Waals surface area contributed by atoms with E-state index in [0.29, 0.717) is 27.5 Å². The van der Waals surface area contributed by atoms with Gasteiger partial charge in [0.2, 0.25) is 0 Å². The van der Waals surface area contributed by atoms with Gasteiger partial charge in [0, 0.05) is 39.4 Å². The number of hydrogen-bond acceptors (Lipinski definition) is 4. The fraction of sp³-hybridized carbons (Fsp3) is 0.125. The molecular weight excluding hydrogens is 568 g/mol. The van der Waals surface area contributed by atoms with Crippen molar-refractivity contribution in [2.24, 2.45) is 5.10 Å². The molecule has 5 aromatic rings. The number of hydrogen-bond donors (Lipinski definition) is 1. The minimum absolute atomic E-state index is 0.147. The lowest BCUT2D eigenvalue weighted by Gasteiger charge is -2.25. The summed E-state index contributed by atoms with van der Waals surface area (Å²) < 4.78 is 39.7. The van der Waals surface area contributed by atoms with Crippen molar-refractivity contribution < 1.29 is 13.2 Å². The highest BCUT2D eigenvalue weighted by Crippen LogP contribution is 2.40. The quantitative estimate of drug-likeness (QED) is 0.221. The molecule has 1 aromatic heterocycles. The number of alkyl halides is 3. The summed E-state index contributed by atoms with van der Waals surface area (Å²) in [6.07, 6.45) is -2.29. The SMILES string of the molecule is Cc1ccc(C2=NN(c3cc(Cl)cc(Cl)c3)C(c3cccc(Nc4ccnc5cc(C(F)(F)F)ccc45)c3)C2)cc1. The largest absolute Gasteiger partial charge is 0.416 e. The van der Waals surface area contributed by atoms with Gasteiger partial charge in [-0.2, -0.15) is 18.3 Å². The van der Waals surface area contributed by atoms with Crippen molar-refractivity contribution in [2.75, 3.05) is 10.3 Å². The number of rotatable bonds is 5. The summed E-state index contributed by atoms with van der Waals surface area (Å²) in [4.78, 5) is 4.16. The van der Waals surface area contributed by atoms with E-state index in [0.717, 1.165) is 40.3 Å². The number of aryl methyl sites for hydroxylation is 1. The Hall–Kier alpha value is -4.07. The van der Waals surface area contributed by atoms with Crippen LogP contribution in [0.3, 0.4) is 0 Å². The van der Waals surface area contributed by atoms with Gasteiger partial charge in [0.15, 0.2) is 0 Å². The average molecular weight is 591 g/mol. The third-order valence-corrected chi connectivity index (χ3v) is 7.46. The van der Waals surface area contributed by atoms with Crippen molar-refractivity contribution >= 4 is 56.9 Å². The topological polar surface area (TPSA) is 40.5 Å². The van der Waals surface area contributed by atoms with Crippen LogP contribution < -0.4 is 10.3 Å². The lowest BCUT2D eigenvalue weighted by atomic mass is 9.97. The van der Waals surface area contributed by atoms with Crippen LogP contribution in [0.1, 0.15) is 34.7 Å². The number of pyridine rings is 1. The number of nitrogens with zero attached hydrogens (tertiary/aromatic N) is 3. The van der Waals surface area contributed by atoms with Gasteiger partial charge in [-0.25, -0.2) is 0 Å². The first-order valence-electron chi connectivity index (χ1n) is 12.9. The Kier molecular flexibility index (Phi) is 7.09. The van der Waals surface area contributed by atoms with Crippen molar-refractivity contribution in [1.82, 2.24) is 4.98 Å². The second kappa shape index (κ2) is 10.7. The molecule has 0 saturated carbocycles. The third-order valence-electron chi connectivity index (χ3n) is 7.03. The number of fused-ring (bicyclic) bond motifs is 1. The van der Waals surface area contributed by atoms with Gasteiger partial charge in [0.05, 0.1) is 28.5 Å². The summed E-state index contributed by atoms with van der Waals surface area (Å²) in [5.41, 5.74) is 5.87. The molecule has 1 N–H and O–H groups in total. The first-order valence-corrected chi connectivity index (χ1v) is 13.6. The molecule has 2 heterocycles. The molecule has 4 nitrogen and oxygen atoms in total. The summed E-state index contributed by atoms with van der Waals surface area (Å²) >= 11 is 12.7. The molecule has 4 aromatic carbocycles. The fourth-order valence-corrected chi connectivity index (χ4v) is 5.53. The first kappa shape index (κ1) is 27.1. The standard InChI is InChI=1S/C32H23Cl2F3N4/c1-19-5-7-20(8-6-19)29-18-31(41(40-29)26-16-23(33)15-24(34)17-26)21-3-2-4-25(13-21)39-28-11-12-38-30-14-22(32(35,36)37)9-10-27(28)30/h2-17,31H,18H2,1H3,(H,38,39). The number of benzene rings is 4. The maximum absolute atomic E-state index is 13.2. The molecule has 0 aliphatic carbocycles. The van der Waals surface area contributed by atoms with Gasteiger partial charge in [0.1, 0.15) is 0 Å². The number of hydrazone groups is 1. The lowest BCUT2D eigenvalue weighted by Crippen LogP contribution is -2.18. The van der Waals surface area contributed by atoms with E-state index in [-0.39, 0.29) is 11.6 Å².